The van der Waals surface area contributed by atoms with Gasteiger partial charge in [0.05, 0.1) is 17.2 Å². The SMILES string of the molecule is CC1(C)CC(=O)C2C(=NC3=C(C(=O)c4ccccc43)[C@H]2c2cccc(OC(=O)c3ccccc3F)c2)C1. The predicted octanol–water partition coefficient (Wildman–Crippen LogP) is 6.20. The first kappa shape index (κ1) is 23.2. The van der Waals surface area contributed by atoms with Crippen molar-refractivity contribution in [2.75, 3.05) is 0 Å². The van der Waals surface area contributed by atoms with Crippen molar-refractivity contribution >= 4 is 28.9 Å². The fraction of sp³-hybridized carbons (Fsp3) is 0.226. The highest BCUT2D eigenvalue weighted by atomic mass is 19.1. The lowest BCUT2D eigenvalue weighted by atomic mass is 9.63. The average Bonchev–Trinajstić information content (AvgIpc) is 3.14. The smallest absolute Gasteiger partial charge is 0.346 e. The number of Topliss-reactive ketones (excluding diaryl/α,β-unsaturated/α-hetero) is 2. The van der Waals surface area contributed by atoms with Gasteiger partial charge in [0, 0.05) is 34.8 Å². The van der Waals surface area contributed by atoms with E-state index in [1.807, 2.05) is 24.3 Å². The highest BCUT2D eigenvalue weighted by Gasteiger charge is 2.50. The topological polar surface area (TPSA) is 72.8 Å². The Hall–Kier alpha value is -4.19. The van der Waals surface area contributed by atoms with Crippen LogP contribution in [0.5, 0.6) is 5.75 Å². The molecule has 0 spiro atoms. The van der Waals surface area contributed by atoms with Crippen LogP contribution in [0.1, 0.15) is 64.4 Å². The number of hydrogen-bond donors (Lipinski definition) is 0. The van der Waals surface area contributed by atoms with E-state index in [0.717, 1.165) is 11.3 Å². The minimum atomic E-state index is -0.819. The molecule has 6 heteroatoms. The Morgan fingerprint density at radius 1 is 0.919 bits per heavy atom. The van der Waals surface area contributed by atoms with Crippen molar-refractivity contribution in [3.05, 3.63) is 106 Å². The highest BCUT2D eigenvalue weighted by Crippen LogP contribution is 2.52. The summed E-state index contributed by atoms with van der Waals surface area (Å²) in [6.45, 7) is 4.11. The van der Waals surface area contributed by atoms with Gasteiger partial charge in [-0.15, -0.1) is 0 Å². The minimum absolute atomic E-state index is 0.0454. The van der Waals surface area contributed by atoms with Crippen molar-refractivity contribution in [2.24, 2.45) is 16.3 Å². The maximum Gasteiger partial charge on any atom is 0.346 e. The van der Waals surface area contributed by atoms with Crippen LogP contribution >= 0.6 is 0 Å². The number of rotatable bonds is 3. The Morgan fingerprint density at radius 3 is 2.43 bits per heavy atom. The van der Waals surface area contributed by atoms with E-state index < -0.39 is 23.6 Å². The van der Waals surface area contributed by atoms with Crippen LogP contribution in [0, 0.1) is 17.2 Å². The van der Waals surface area contributed by atoms with Gasteiger partial charge in [-0.2, -0.15) is 0 Å². The van der Waals surface area contributed by atoms with Crippen molar-refractivity contribution in [2.45, 2.75) is 32.6 Å². The van der Waals surface area contributed by atoms with Gasteiger partial charge in [0.25, 0.3) is 0 Å². The van der Waals surface area contributed by atoms with E-state index in [2.05, 4.69) is 13.8 Å². The summed E-state index contributed by atoms with van der Waals surface area (Å²) in [5.41, 5.74) is 3.54. The minimum Gasteiger partial charge on any atom is -0.423 e. The first-order chi connectivity index (χ1) is 17.7. The molecule has 184 valence electrons. The van der Waals surface area contributed by atoms with E-state index in [-0.39, 0.29) is 28.3 Å². The zero-order chi connectivity index (χ0) is 25.9. The normalized spacial score (nSPS) is 21.6. The molecular formula is C31H24FNO4. The zero-order valence-electron chi connectivity index (χ0n) is 20.5. The van der Waals surface area contributed by atoms with Gasteiger partial charge in [-0.05, 0) is 41.7 Å². The fourth-order valence-corrected chi connectivity index (χ4v) is 5.84. The van der Waals surface area contributed by atoms with Gasteiger partial charge in [0.15, 0.2) is 5.78 Å². The summed E-state index contributed by atoms with van der Waals surface area (Å²) in [6, 6.07) is 19.8. The van der Waals surface area contributed by atoms with Gasteiger partial charge < -0.3 is 4.74 Å². The Bertz CT molecular complexity index is 1560. The summed E-state index contributed by atoms with van der Waals surface area (Å²) in [7, 11) is 0. The van der Waals surface area contributed by atoms with E-state index in [1.54, 1.807) is 30.3 Å². The molecule has 5 nitrogen and oxygen atoms in total. The molecule has 3 aliphatic rings. The Kier molecular flexibility index (Phi) is 5.30. The lowest BCUT2D eigenvalue weighted by Gasteiger charge is -2.40. The number of carbonyl (C=O) groups is 3. The number of ether oxygens (including phenoxy) is 1. The van der Waals surface area contributed by atoms with Crippen LogP contribution in [0.4, 0.5) is 4.39 Å². The molecule has 0 bridgehead atoms. The number of ketones is 2. The summed E-state index contributed by atoms with van der Waals surface area (Å²) in [5, 5.41) is 0. The third-order valence-corrected chi connectivity index (χ3v) is 7.37. The fourth-order valence-electron chi connectivity index (χ4n) is 5.84. The number of esters is 1. The molecule has 0 amide bonds. The number of nitrogens with zero attached hydrogens (tertiary/aromatic N) is 1. The van der Waals surface area contributed by atoms with Crippen molar-refractivity contribution in [3.63, 3.8) is 0 Å². The van der Waals surface area contributed by atoms with Crippen molar-refractivity contribution < 1.29 is 23.5 Å². The average molecular weight is 494 g/mol. The molecule has 2 aliphatic carbocycles. The van der Waals surface area contributed by atoms with Crippen molar-refractivity contribution in [1.29, 1.82) is 0 Å². The van der Waals surface area contributed by atoms with Crippen LogP contribution in [0.2, 0.25) is 0 Å². The third-order valence-electron chi connectivity index (χ3n) is 7.37. The van der Waals surface area contributed by atoms with E-state index in [0.29, 0.717) is 35.2 Å². The molecule has 1 heterocycles. The first-order valence-corrected chi connectivity index (χ1v) is 12.3. The molecule has 1 aliphatic heterocycles. The molecule has 0 radical (unpaired) electrons. The van der Waals surface area contributed by atoms with Gasteiger partial charge in [-0.3, -0.25) is 14.6 Å². The molecule has 0 N–H and O–H groups in total. The Balaban J connectivity index is 1.45. The molecule has 0 aromatic heterocycles. The first-order valence-electron chi connectivity index (χ1n) is 12.3. The van der Waals surface area contributed by atoms with Gasteiger partial charge in [0.1, 0.15) is 17.3 Å². The van der Waals surface area contributed by atoms with E-state index >= 15 is 0 Å². The predicted molar refractivity (Wildman–Crippen MR) is 137 cm³/mol. The van der Waals surface area contributed by atoms with Crippen molar-refractivity contribution in [3.8, 4) is 5.75 Å². The van der Waals surface area contributed by atoms with Gasteiger partial charge in [-0.1, -0.05) is 62.4 Å². The van der Waals surface area contributed by atoms with Crippen LogP contribution in [0.25, 0.3) is 5.70 Å². The molecule has 3 aromatic carbocycles. The summed E-state index contributed by atoms with van der Waals surface area (Å²) >= 11 is 0. The molecule has 37 heavy (non-hydrogen) atoms. The molecule has 3 aromatic rings. The van der Waals surface area contributed by atoms with Gasteiger partial charge in [0.2, 0.25) is 0 Å². The summed E-state index contributed by atoms with van der Waals surface area (Å²) in [5.74, 6) is -2.49. The largest absolute Gasteiger partial charge is 0.423 e. The van der Waals surface area contributed by atoms with Crippen LogP contribution in [-0.4, -0.2) is 23.2 Å². The zero-order valence-corrected chi connectivity index (χ0v) is 20.5. The highest BCUT2D eigenvalue weighted by molar-refractivity contribution is 6.25. The van der Waals surface area contributed by atoms with Gasteiger partial charge in [-0.25, -0.2) is 9.18 Å². The monoisotopic (exact) mass is 493 g/mol. The number of halogens is 1. The molecular weight excluding hydrogens is 469 g/mol. The number of benzene rings is 3. The molecule has 1 fully saturated rings. The number of hydrogen-bond acceptors (Lipinski definition) is 5. The second kappa shape index (κ2) is 8.44. The number of carbonyl (C=O) groups excluding carboxylic acids is 3. The summed E-state index contributed by atoms with van der Waals surface area (Å²) in [6.07, 6.45) is 1.04. The maximum atomic E-state index is 14.1. The molecule has 1 unspecified atom stereocenters. The van der Waals surface area contributed by atoms with Crippen LogP contribution < -0.4 is 4.74 Å². The number of aliphatic imine (C=N–C) groups is 1. The van der Waals surface area contributed by atoms with E-state index in [1.165, 1.54) is 18.2 Å². The van der Waals surface area contributed by atoms with Gasteiger partial charge >= 0.3 is 5.97 Å². The lowest BCUT2D eigenvalue weighted by Crippen LogP contribution is -2.43. The van der Waals surface area contributed by atoms with E-state index in [9.17, 15) is 18.8 Å². The Labute approximate surface area is 213 Å². The molecule has 1 saturated carbocycles. The second-order valence-electron chi connectivity index (χ2n) is 10.6. The third kappa shape index (κ3) is 3.84. The quantitative estimate of drug-likeness (QED) is 0.322. The van der Waals surface area contributed by atoms with Crippen LogP contribution in [-0.2, 0) is 4.79 Å². The van der Waals surface area contributed by atoms with Crippen molar-refractivity contribution in [1.82, 2.24) is 0 Å². The Morgan fingerprint density at radius 2 is 1.65 bits per heavy atom. The number of allylic oxidation sites excluding steroid dienone is 1. The maximum absolute atomic E-state index is 14.1. The standard InChI is InChI=1S/C31H24FNO4/c1-31(2)15-23-26(24(34)16-31)25(27-28(33-23)19-10-3-4-11-20(19)29(27)35)17-8-7-9-18(14-17)37-30(36)21-12-5-6-13-22(21)32/h3-14,25-26H,15-16H2,1-2H3/t25-,26?/m0/s1. The lowest BCUT2D eigenvalue weighted by molar-refractivity contribution is -0.124. The second-order valence-corrected chi connectivity index (χ2v) is 10.6. The van der Waals surface area contributed by atoms with Crippen LogP contribution in [0.3, 0.4) is 0 Å². The van der Waals surface area contributed by atoms with E-state index in [4.69, 9.17) is 9.73 Å². The van der Waals surface area contributed by atoms with Crippen LogP contribution in [0.15, 0.2) is 83.4 Å². The molecule has 0 saturated heterocycles. The summed E-state index contributed by atoms with van der Waals surface area (Å²) in [4.78, 5) is 44.8. The molecule has 6 rings (SSSR count). The summed E-state index contributed by atoms with van der Waals surface area (Å²) < 4.78 is 19.6. The number of fused-ring (bicyclic) bond motifs is 3. The molecule has 2 atom stereocenters.